The Labute approximate surface area is 107 Å². The van der Waals surface area contributed by atoms with Crippen molar-refractivity contribution in [2.45, 2.75) is 38.1 Å². The standard InChI is InChI=1S/C15H18FNO/c1-3-5-9-15(8-4-2)14(18)12-10-11(16)6-7-13(12)17-15/h4,6-7,10,17H,2-3,5,8-9H2,1H3. The predicted molar refractivity (Wildman–Crippen MR) is 71.4 cm³/mol. The summed E-state index contributed by atoms with van der Waals surface area (Å²) in [6.07, 6.45) is 5.07. The number of unbranched alkanes of at least 4 members (excludes halogenated alkanes) is 1. The van der Waals surface area contributed by atoms with E-state index in [1.54, 1.807) is 12.1 Å². The smallest absolute Gasteiger partial charge is 0.190 e. The maximum absolute atomic E-state index is 13.2. The zero-order valence-corrected chi connectivity index (χ0v) is 10.6. The van der Waals surface area contributed by atoms with Gasteiger partial charge in [0.2, 0.25) is 0 Å². The summed E-state index contributed by atoms with van der Waals surface area (Å²) < 4.78 is 13.2. The highest BCUT2D eigenvalue weighted by Crippen LogP contribution is 2.38. The fourth-order valence-corrected chi connectivity index (χ4v) is 2.53. The van der Waals surface area contributed by atoms with E-state index in [0.717, 1.165) is 24.9 Å². The van der Waals surface area contributed by atoms with Crippen LogP contribution in [-0.4, -0.2) is 11.3 Å². The lowest BCUT2D eigenvalue weighted by atomic mass is 9.85. The fraction of sp³-hybridized carbons (Fsp3) is 0.400. The number of ketones is 1. The number of Topliss-reactive ketones (excluding diaryl/α,β-unsaturated/α-hetero) is 1. The molecule has 3 heteroatoms. The summed E-state index contributed by atoms with van der Waals surface area (Å²) in [5, 5.41) is 3.27. The van der Waals surface area contributed by atoms with Crippen molar-refractivity contribution in [2.75, 3.05) is 5.32 Å². The van der Waals surface area contributed by atoms with Gasteiger partial charge in [-0.05, 0) is 31.0 Å². The van der Waals surface area contributed by atoms with Crippen LogP contribution in [0.3, 0.4) is 0 Å². The molecule has 0 saturated carbocycles. The monoisotopic (exact) mass is 247 g/mol. The maximum Gasteiger partial charge on any atom is 0.190 e. The van der Waals surface area contributed by atoms with Crippen LogP contribution in [0.15, 0.2) is 30.9 Å². The summed E-state index contributed by atoms with van der Waals surface area (Å²) in [5.41, 5.74) is 0.584. The molecule has 0 radical (unpaired) electrons. The fourth-order valence-electron chi connectivity index (χ4n) is 2.53. The molecule has 1 atom stereocenters. The van der Waals surface area contributed by atoms with Crippen molar-refractivity contribution >= 4 is 11.5 Å². The lowest BCUT2D eigenvalue weighted by molar-refractivity contribution is 0.0911. The topological polar surface area (TPSA) is 29.1 Å². The highest BCUT2D eigenvalue weighted by atomic mass is 19.1. The Morgan fingerprint density at radius 1 is 1.50 bits per heavy atom. The third-order valence-corrected chi connectivity index (χ3v) is 3.48. The van der Waals surface area contributed by atoms with Crippen LogP contribution in [0, 0.1) is 5.82 Å². The van der Waals surface area contributed by atoms with Crippen LogP contribution in [0.5, 0.6) is 0 Å². The molecule has 1 heterocycles. The lowest BCUT2D eigenvalue weighted by Crippen LogP contribution is -2.41. The van der Waals surface area contributed by atoms with Gasteiger partial charge in [-0.25, -0.2) is 4.39 Å². The molecule has 0 bridgehead atoms. The van der Waals surface area contributed by atoms with Gasteiger partial charge >= 0.3 is 0 Å². The Balaban J connectivity index is 2.36. The van der Waals surface area contributed by atoms with Crippen molar-refractivity contribution in [3.05, 3.63) is 42.2 Å². The molecule has 1 aromatic carbocycles. The van der Waals surface area contributed by atoms with Gasteiger partial charge in [-0.15, -0.1) is 6.58 Å². The van der Waals surface area contributed by atoms with E-state index in [0.29, 0.717) is 12.0 Å². The maximum atomic E-state index is 13.2. The van der Waals surface area contributed by atoms with Gasteiger partial charge in [-0.2, -0.15) is 0 Å². The number of anilines is 1. The number of carbonyl (C=O) groups excluding carboxylic acids is 1. The second kappa shape index (κ2) is 4.92. The van der Waals surface area contributed by atoms with E-state index in [9.17, 15) is 9.18 Å². The molecular formula is C15H18FNO. The molecule has 1 N–H and O–H groups in total. The highest BCUT2D eigenvalue weighted by Gasteiger charge is 2.43. The average molecular weight is 247 g/mol. The van der Waals surface area contributed by atoms with Crippen LogP contribution in [0.1, 0.15) is 43.0 Å². The summed E-state index contributed by atoms with van der Waals surface area (Å²) >= 11 is 0. The van der Waals surface area contributed by atoms with Gasteiger partial charge < -0.3 is 5.32 Å². The quantitative estimate of drug-likeness (QED) is 0.798. The lowest BCUT2D eigenvalue weighted by Gasteiger charge is -2.27. The van der Waals surface area contributed by atoms with Gasteiger partial charge in [0.15, 0.2) is 5.78 Å². The first-order valence-electron chi connectivity index (χ1n) is 6.36. The summed E-state index contributed by atoms with van der Waals surface area (Å²) in [4.78, 5) is 12.5. The van der Waals surface area contributed by atoms with Crippen LogP contribution in [-0.2, 0) is 0 Å². The average Bonchev–Trinajstić information content (AvgIpc) is 2.62. The molecule has 2 rings (SSSR count). The summed E-state index contributed by atoms with van der Waals surface area (Å²) in [7, 11) is 0. The minimum atomic E-state index is -0.617. The number of rotatable bonds is 5. The minimum absolute atomic E-state index is 0.00894. The van der Waals surface area contributed by atoms with Crippen molar-refractivity contribution in [1.29, 1.82) is 0 Å². The van der Waals surface area contributed by atoms with Gasteiger partial charge in [-0.3, -0.25) is 4.79 Å². The van der Waals surface area contributed by atoms with Gasteiger partial charge in [0.1, 0.15) is 11.4 Å². The molecule has 18 heavy (non-hydrogen) atoms. The number of hydrogen-bond acceptors (Lipinski definition) is 2. The molecule has 96 valence electrons. The predicted octanol–water partition coefficient (Wildman–Crippen LogP) is 3.94. The molecule has 1 aliphatic heterocycles. The van der Waals surface area contributed by atoms with E-state index in [-0.39, 0.29) is 11.6 Å². The Bertz CT molecular complexity index is 483. The summed E-state index contributed by atoms with van der Waals surface area (Å²) in [6, 6.07) is 4.34. The summed E-state index contributed by atoms with van der Waals surface area (Å²) in [6.45, 7) is 5.82. The van der Waals surface area contributed by atoms with E-state index >= 15 is 0 Å². The van der Waals surface area contributed by atoms with Crippen molar-refractivity contribution in [1.82, 2.24) is 0 Å². The van der Waals surface area contributed by atoms with E-state index in [4.69, 9.17) is 0 Å². The van der Waals surface area contributed by atoms with Gasteiger partial charge in [0, 0.05) is 11.3 Å². The van der Waals surface area contributed by atoms with Gasteiger partial charge in [0.05, 0.1) is 0 Å². The molecule has 0 spiro atoms. The van der Waals surface area contributed by atoms with E-state index in [2.05, 4.69) is 18.8 Å². The Kier molecular flexibility index (Phi) is 3.50. The van der Waals surface area contributed by atoms with Crippen LogP contribution >= 0.6 is 0 Å². The second-order valence-corrected chi connectivity index (χ2v) is 4.82. The van der Waals surface area contributed by atoms with Gasteiger partial charge in [-0.1, -0.05) is 25.8 Å². The van der Waals surface area contributed by atoms with Crippen LogP contribution < -0.4 is 5.32 Å². The highest BCUT2D eigenvalue weighted by molar-refractivity contribution is 6.13. The van der Waals surface area contributed by atoms with Gasteiger partial charge in [0.25, 0.3) is 0 Å². The Morgan fingerprint density at radius 2 is 2.28 bits per heavy atom. The number of carbonyl (C=O) groups is 1. The van der Waals surface area contributed by atoms with Crippen molar-refractivity contribution in [3.8, 4) is 0 Å². The molecule has 0 saturated heterocycles. The molecule has 0 aliphatic carbocycles. The number of benzene rings is 1. The first-order chi connectivity index (χ1) is 8.63. The number of hydrogen-bond donors (Lipinski definition) is 1. The number of halogens is 1. The molecule has 0 aromatic heterocycles. The van der Waals surface area contributed by atoms with Crippen molar-refractivity contribution in [2.24, 2.45) is 0 Å². The van der Waals surface area contributed by atoms with E-state index in [1.165, 1.54) is 12.1 Å². The molecule has 1 unspecified atom stereocenters. The zero-order valence-electron chi connectivity index (χ0n) is 10.6. The number of fused-ring (bicyclic) bond motifs is 1. The van der Waals surface area contributed by atoms with Crippen LogP contribution in [0.25, 0.3) is 0 Å². The molecule has 1 aliphatic rings. The van der Waals surface area contributed by atoms with E-state index < -0.39 is 5.54 Å². The zero-order chi connectivity index (χ0) is 13.2. The first kappa shape index (κ1) is 12.8. The van der Waals surface area contributed by atoms with Crippen LogP contribution in [0.4, 0.5) is 10.1 Å². The third kappa shape index (κ3) is 2.05. The molecule has 2 nitrogen and oxygen atoms in total. The first-order valence-corrected chi connectivity index (χ1v) is 6.36. The molecule has 0 fully saturated rings. The largest absolute Gasteiger partial charge is 0.372 e. The molecule has 0 amide bonds. The number of nitrogens with one attached hydrogen (secondary N) is 1. The normalized spacial score (nSPS) is 21.6. The second-order valence-electron chi connectivity index (χ2n) is 4.82. The van der Waals surface area contributed by atoms with Crippen molar-refractivity contribution in [3.63, 3.8) is 0 Å². The Hall–Kier alpha value is -1.64. The minimum Gasteiger partial charge on any atom is -0.372 e. The third-order valence-electron chi connectivity index (χ3n) is 3.48. The van der Waals surface area contributed by atoms with Crippen LogP contribution in [0.2, 0.25) is 0 Å². The molecule has 1 aromatic rings. The Morgan fingerprint density at radius 3 is 2.94 bits per heavy atom. The summed E-state index contributed by atoms with van der Waals surface area (Å²) in [5.74, 6) is -0.376. The van der Waals surface area contributed by atoms with Crippen molar-refractivity contribution < 1.29 is 9.18 Å². The molecular weight excluding hydrogens is 229 g/mol. The SMILES string of the molecule is C=CCC1(CCCC)Nc2ccc(F)cc2C1=O. The van der Waals surface area contributed by atoms with E-state index in [1.807, 2.05) is 0 Å².